The maximum Gasteiger partial charge on any atom is 1.00 e. The van der Waals surface area contributed by atoms with Crippen molar-refractivity contribution >= 4 is 51.2 Å². The number of aromatic nitrogens is 4. The van der Waals surface area contributed by atoms with E-state index < -0.39 is 16.0 Å². The summed E-state index contributed by atoms with van der Waals surface area (Å²) in [4.78, 5) is 45.2. The van der Waals surface area contributed by atoms with Gasteiger partial charge in [0.1, 0.15) is 0 Å². The maximum absolute atomic E-state index is 12.1. The van der Waals surface area contributed by atoms with E-state index in [1.54, 1.807) is 47.5 Å². The van der Waals surface area contributed by atoms with Crippen molar-refractivity contribution in [2.75, 3.05) is 16.0 Å². The molecule has 4 N–H and O–H groups in total. The molecule has 2 aromatic heterocycles. The van der Waals surface area contributed by atoms with E-state index in [-0.39, 0.29) is 58.3 Å². The largest absolute Gasteiger partial charge is 1.00 e. The molecule has 4 aromatic carbocycles. The average Bonchev–Trinajstić information content (AvgIpc) is 3.98. The molecule has 0 atom stereocenters. The van der Waals surface area contributed by atoms with Crippen molar-refractivity contribution in [3.8, 4) is 0 Å². The number of rotatable bonds is 7. The number of amides is 2. The third kappa shape index (κ3) is 11.3. The van der Waals surface area contributed by atoms with Crippen molar-refractivity contribution in [2.24, 2.45) is 0 Å². The van der Waals surface area contributed by atoms with Gasteiger partial charge in [0.25, 0.3) is 10.0 Å². The number of carboxylic acids is 1. The summed E-state index contributed by atoms with van der Waals surface area (Å²) in [6, 6.07) is 28.9. The molecule has 276 valence electrons. The van der Waals surface area contributed by atoms with E-state index in [2.05, 4.69) is 20.6 Å². The number of nitrogens with zero attached hydrogens (tertiary/aromatic N) is 4. The molecule has 2 aliphatic heterocycles. The zero-order valence-electron chi connectivity index (χ0n) is 30.1. The average molecular weight is 770 g/mol. The molecule has 0 bridgehead atoms. The minimum atomic E-state index is -3.70. The zero-order chi connectivity index (χ0) is 38.7. The standard InChI is InChI=1S/C12H11N3O.C11H10N2O3S.C8H9NO2.C8H7NO.Na/c16-12-5-10-3-1-2-4-11(10)15(12)8-9-6-13-14-7-9;1-9-2-4-11(5-3-9)17(15,16)13-7-10(8-14)6-12-13;9-7-4-2-1-3-6(7)5-8(10)11;10-8-5-6-3-1-2-4-7(6)9-8;/h1-4,6-7H,5,8H2,(H,13,14);2-8H,1H3;1-4H,5,9H2,(H,10,11);1-4H,5H2,(H,9,10);/q;;;;+1/p-1. The van der Waals surface area contributed by atoms with Crippen LogP contribution in [0.15, 0.2) is 127 Å². The first kappa shape index (κ1) is 41.9. The molecule has 0 fully saturated rings. The number of carbonyl (C=O) groups excluding carboxylic acids is 4. The van der Waals surface area contributed by atoms with Crippen LogP contribution in [0.25, 0.3) is 0 Å². The molecule has 6 aromatic rings. The van der Waals surface area contributed by atoms with Crippen LogP contribution in [0.4, 0.5) is 17.1 Å². The van der Waals surface area contributed by atoms with Crippen molar-refractivity contribution in [3.05, 3.63) is 155 Å². The Balaban J connectivity index is 0.000000166. The molecule has 0 saturated heterocycles. The summed E-state index contributed by atoms with van der Waals surface area (Å²) in [7, 11) is -3.70. The summed E-state index contributed by atoms with van der Waals surface area (Å²) in [5, 5.41) is 23.2. The number of nitrogens with two attached hydrogens (primary N) is 1. The Morgan fingerprint density at radius 2 is 1.58 bits per heavy atom. The van der Waals surface area contributed by atoms with Crippen LogP contribution in [-0.4, -0.2) is 51.9 Å². The number of carboxylic acid groups (broad SMARTS) is 1. The first-order chi connectivity index (χ1) is 25.9. The molecule has 14 nitrogen and oxygen atoms in total. The van der Waals surface area contributed by atoms with Gasteiger partial charge in [0.05, 0.1) is 48.4 Å². The van der Waals surface area contributed by atoms with Crippen molar-refractivity contribution < 1.29 is 62.3 Å². The summed E-state index contributed by atoms with van der Waals surface area (Å²) in [6.45, 7) is 2.46. The van der Waals surface area contributed by atoms with Gasteiger partial charge in [0.2, 0.25) is 11.8 Å². The SMILES string of the molecule is Cc1ccc(S(=O)(=O)n2cc(C=O)cn2)cc1.Nc1ccccc1CC(=O)[O-].O=C1Cc2ccccc2N1.O=C1Cc2ccccc2N1Cc1cn[nH]c1.[Na+]. The van der Waals surface area contributed by atoms with Gasteiger partial charge in [-0.1, -0.05) is 72.3 Å². The van der Waals surface area contributed by atoms with E-state index >= 15 is 0 Å². The van der Waals surface area contributed by atoms with E-state index in [0.717, 1.165) is 37.7 Å². The molecule has 0 saturated carbocycles. The summed E-state index contributed by atoms with van der Waals surface area (Å²) < 4.78 is 24.9. The number of hydrogen-bond donors (Lipinski definition) is 3. The quantitative estimate of drug-likeness (QED) is 0.116. The number of fused-ring (bicyclic) bond motifs is 2. The number of H-pyrrole nitrogens is 1. The number of hydrogen-bond acceptors (Lipinski definition) is 10. The number of aryl methyl sites for hydroxylation is 1. The van der Waals surface area contributed by atoms with Crippen LogP contribution in [0.1, 0.15) is 38.2 Å². The Morgan fingerprint density at radius 3 is 2.22 bits per heavy atom. The summed E-state index contributed by atoms with van der Waals surface area (Å²) >= 11 is 0. The van der Waals surface area contributed by atoms with Crippen LogP contribution >= 0.6 is 0 Å². The molecular formula is C39H36N7NaO7S. The Bertz CT molecular complexity index is 2340. The van der Waals surface area contributed by atoms with Crippen molar-refractivity contribution in [3.63, 3.8) is 0 Å². The van der Waals surface area contributed by atoms with Gasteiger partial charge >= 0.3 is 29.6 Å². The third-order valence-electron chi connectivity index (χ3n) is 8.13. The normalized spacial score (nSPS) is 12.2. The van der Waals surface area contributed by atoms with Crippen LogP contribution in [0.3, 0.4) is 0 Å². The molecule has 16 heteroatoms. The third-order valence-corrected chi connectivity index (χ3v) is 9.69. The van der Waals surface area contributed by atoms with Crippen molar-refractivity contribution in [1.29, 1.82) is 0 Å². The van der Waals surface area contributed by atoms with E-state index in [4.69, 9.17) is 5.73 Å². The molecule has 2 amide bonds. The first-order valence-electron chi connectivity index (χ1n) is 16.5. The molecule has 55 heavy (non-hydrogen) atoms. The topological polar surface area (TPSA) is 213 Å². The first-order valence-corrected chi connectivity index (χ1v) is 18.0. The number of carbonyl (C=O) groups is 4. The smallest absolute Gasteiger partial charge is 0.550 e. The second-order valence-corrected chi connectivity index (χ2v) is 13.9. The van der Waals surface area contributed by atoms with E-state index in [0.29, 0.717) is 36.9 Å². The number of aliphatic carboxylic acids is 1. The van der Waals surface area contributed by atoms with Gasteiger partial charge < -0.3 is 25.9 Å². The second kappa shape index (κ2) is 19.5. The number of para-hydroxylation sites is 3. The predicted octanol–water partition coefficient (Wildman–Crippen LogP) is 0.486. The van der Waals surface area contributed by atoms with Crippen LogP contribution < -0.4 is 50.6 Å². The van der Waals surface area contributed by atoms with Gasteiger partial charge in [-0.15, -0.1) is 0 Å². The predicted molar refractivity (Wildman–Crippen MR) is 200 cm³/mol. The minimum Gasteiger partial charge on any atom is -0.550 e. The van der Waals surface area contributed by atoms with E-state index in [9.17, 15) is 32.7 Å². The Kier molecular flexibility index (Phi) is 14.8. The fourth-order valence-corrected chi connectivity index (χ4v) is 6.51. The summed E-state index contributed by atoms with van der Waals surface area (Å²) in [5.74, 6) is -0.855. The molecule has 8 rings (SSSR count). The molecular weight excluding hydrogens is 734 g/mol. The van der Waals surface area contributed by atoms with Crippen LogP contribution in [-0.2, 0) is 50.2 Å². The van der Waals surface area contributed by atoms with Gasteiger partial charge in [-0.05, 0) is 53.9 Å². The molecule has 0 unspecified atom stereocenters. The minimum absolute atomic E-state index is 0. The Labute approximate surface area is 339 Å². The van der Waals surface area contributed by atoms with Crippen molar-refractivity contribution in [2.45, 2.75) is 37.6 Å². The van der Waals surface area contributed by atoms with Gasteiger partial charge in [0.15, 0.2) is 6.29 Å². The van der Waals surface area contributed by atoms with Crippen molar-refractivity contribution in [1.82, 2.24) is 19.4 Å². The maximum atomic E-state index is 12.1. The van der Waals surface area contributed by atoms with Crippen LogP contribution in [0.5, 0.6) is 0 Å². The van der Waals surface area contributed by atoms with Gasteiger partial charge in [-0.25, -0.2) is 0 Å². The summed E-state index contributed by atoms with van der Waals surface area (Å²) in [5.41, 5.74) is 13.0. The number of aldehydes is 1. The monoisotopic (exact) mass is 769 g/mol. The summed E-state index contributed by atoms with van der Waals surface area (Å²) in [6.07, 6.45) is 7.42. The molecule has 0 radical (unpaired) electrons. The number of aromatic amines is 1. The Morgan fingerprint density at radius 1 is 0.909 bits per heavy atom. The Hall–Kier alpha value is -5.87. The molecule has 0 aliphatic carbocycles. The molecule has 4 heterocycles. The van der Waals surface area contributed by atoms with E-state index in [1.807, 2.05) is 61.7 Å². The number of nitrogens with one attached hydrogen (secondary N) is 2. The number of anilines is 3. The second-order valence-electron chi connectivity index (χ2n) is 12.1. The number of nitrogen functional groups attached to an aromatic ring is 1. The van der Waals surface area contributed by atoms with Gasteiger partial charge in [-0.3, -0.25) is 19.5 Å². The van der Waals surface area contributed by atoms with Gasteiger partial charge in [-0.2, -0.15) is 22.7 Å². The van der Waals surface area contributed by atoms with Crippen LogP contribution in [0, 0.1) is 6.92 Å². The van der Waals surface area contributed by atoms with Crippen LogP contribution in [0.2, 0.25) is 0 Å². The van der Waals surface area contributed by atoms with E-state index in [1.165, 1.54) is 24.5 Å². The fraction of sp³-hybridized carbons (Fsp3) is 0.128. The molecule has 0 spiro atoms. The molecule has 2 aliphatic rings. The number of benzene rings is 4. The van der Waals surface area contributed by atoms with Gasteiger partial charge in [0, 0.05) is 41.2 Å². The zero-order valence-corrected chi connectivity index (χ0v) is 32.9. The fourth-order valence-electron chi connectivity index (χ4n) is 5.38.